The number of carbonyl (C=O) groups excluding carboxylic acids is 1. The first-order valence-electron chi connectivity index (χ1n) is 9.02. The van der Waals surface area contributed by atoms with Crippen molar-refractivity contribution in [3.05, 3.63) is 0 Å². The maximum absolute atomic E-state index is 12.2. The number of morpholine rings is 1. The lowest BCUT2D eigenvalue weighted by atomic mass is 9.79. The standard InChI is InChI=1S/C17H33N3O2/c1-3-19(4-2)14-16(21)18-15-17(8-6-5-7-9-17)20-10-12-22-13-11-20/h3-15H2,1-2H3,(H,18,21). The second-order valence-corrected chi connectivity index (χ2v) is 6.62. The molecule has 2 fully saturated rings. The maximum Gasteiger partial charge on any atom is 0.234 e. The van der Waals surface area contributed by atoms with E-state index < -0.39 is 0 Å². The molecule has 1 aliphatic carbocycles. The summed E-state index contributed by atoms with van der Waals surface area (Å²) in [5.74, 6) is 0.168. The monoisotopic (exact) mass is 311 g/mol. The van der Waals surface area contributed by atoms with Crippen LogP contribution in [0.15, 0.2) is 0 Å². The van der Waals surface area contributed by atoms with Gasteiger partial charge >= 0.3 is 0 Å². The molecule has 1 N–H and O–H groups in total. The fourth-order valence-electron chi connectivity index (χ4n) is 3.82. The lowest BCUT2D eigenvalue weighted by Crippen LogP contribution is -2.60. The highest BCUT2D eigenvalue weighted by molar-refractivity contribution is 5.78. The van der Waals surface area contributed by atoms with Gasteiger partial charge in [0.15, 0.2) is 0 Å². The largest absolute Gasteiger partial charge is 0.379 e. The third-order valence-electron chi connectivity index (χ3n) is 5.34. The van der Waals surface area contributed by atoms with E-state index in [1.807, 2.05) is 0 Å². The number of carbonyl (C=O) groups is 1. The zero-order valence-corrected chi connectivity index (χ0v) is 14.4. The molecular formula is C17H33N3O2. The molecule has 0 unspecified atom stereocenters. The van der Waals surface area contributed by atoms with Crippen LogP contribution in [0.4, 0.5) is 0 Å². The van der Waals surface area contributed by atoms with Crippen LogP contribution in [0.2, 0.25) is 0 Å². The van der Waals surface area contributed by atoms with E-state index in [0.29, 0.717) is 6.54 Å². The number of hydrogen-bond acceptors (Lipinski definition) is 4. The van der Waals surface area contributed by atoms with Crippen LogP contribution in [0.25, 0.3) is 0 Å². The van der Waals surface area contributed by atoms with E-state index in [-0.39, 0.29) is 11.4 Å². The van der Waals surface area contributed by atoms with Crippen molar-refractivity contribution in [2.24, 2.45) is 0 Å². The summed E-state index contributed by atoms with van der Waals surface area (Å²) in [5, 5.41) is 3.23. The number of hydrogen-bond donors (Lipinski definition) is 1. The zero-order valence-electron chi connectivity index (χ0n) is 14.4. The molecule has 0 aromatic carbocycles. The quantitative estimate of drug-likeness (QED) is 0.773. The van der Waals surface area contributed by atoms with Crippen LogP contribution in [0.1, 0.15) is 46.0 Å². The fourth-order valence-corrected chi connectivity index (χ4v) is 3.82. The van der Waals surface area contributed by atoms with Crippen molar-refractivity contribution >= 4 is 5.91 Å². The molecular weight excluding hydrogens is 278 g/mol. The van der Waals surface area contributed by atoms with Crippen molar-refractivity contribution in [1.82, 2.24) is 15.1 Å². The molecule has 1 aliphatic heterocycles. The molecule has 5 heteroatoms. The minimum absolute atomic E-state index is 0.168. The molecule has 0 spiro atoms. The van der Waals surface area contributed by atoms with Crippen LogP contribution in [0, 0.1) is 0 Å². The van der Waals surface area contributed by atoms with E-state index in [0.717, 1.165) is 45.9 Å². The van der Waals surface area contributed by atoms with E-state index >= 15 is 0 Å². The summed E-state index contributed by atoms with van der Waals surface area (Å²) < 4.78 is 5.51. The number of nitrogens with one attached hydrogen (secondary N) is 1. The van der Waals surface area contributed by atoms with Crippen LogP contribution in [0.5, 0.6) is 0 Å². The average Bonchev–Trinajstić information content (AvgIpc) is 2.59. The van der Waals surface area contributed by atoms with Crippen molar-refractivity contribution in [1.29, 1.82) is 0 Å². The van der Waals surface area contributed by atoms with Crippen molar-refractivity contribution < 1.29 is 9.53 Å². The number of amides is 1. The summed E-state index contributed by atoms with van der Waals surface area (Å²) >= 11 is 0. The van der Waals surface area contributed by atoms with Gasteiger partial charge in [-0.25, -0.2) is 0 Å². The minimum atomic E-state index is 0.168. The van der Waals surface area contributed by atoms with Gasteiger partial charge in [0.2, 0.25) is 5.91 Å². The SMILES string of the molecule is CCN(CC)CC(=O)NCC1(N2CCOCC2)CCCCC1. The molecule has 0 bridgehead atoms. The Hall–Kier alpha value is -0.650. The molecule has 0 radical (unpaired) electrons. The molecule has 128 valence electrons. The van der Waals surface area contributed by atoms with E-state index in [1.54, 1.807) is 0 Å². The van der Waals surface area contributed by atoms with Gasteiger partial charge in [-0.2, -0.15) is 0 Å². The highest BCUT2D eigenvalue weighted by Gasteiger charge is 2.38. The molecule has 22 heavy (non-hydrogen) atoms. The highest BCUT2D eigenvalue weighted by Crippen LogP contribution is 2.33. The molecule has 0 aromatic rings. The lowest BCUT2D eigenvalue weighted by Gasteiger charge is -2.48. The fraction of sp³-hybridized carbons (Fsp3) is 0.941. The predicted molar refractivity (Wildman–Crippen MR) is 89.0 cm³/mol. The van der Waals surface area contributed by atoms with Crippen molar-refractivity contribution in [3.8, 4) is 0 Å². The Kier molecular flexibility index (Phi) is 7.12. The molecule has 2 aliphatic rings. The van der Waals surface area contributed by atoms with E-state index in [4.69, 9.17) is 4.74 Å². The Bertz CT molecular complexity index is 333. The Balaban J connectivity index is 1.90. The molecule has 0 aromatic heterocycles. The summed E-state index contributed by atoms with van der Waals surface area (Å²) in [6.07, 6.45) is 6.31. The second-order valence-electron chi connectivity index (χ2n) is 6.62. The summed E-state index contributed by atoms with van der Waals surface area (Å²) in [7, 11) is 0. The summed E-state index contributed by atoms with van der Waals surface area (Å²) in [4.78, 5) is 17.0. The molecule has 5 nitrogen and oxygen atoms in total. The van der Waals surface area contributed by atoms with E-state index in [1.165, 1.54) is 32.1 Å². The van der Waals surface area contributed by atoms with Gasteiger partial charge < -0.3 is 10.1 Å². The van der Waals surface area contributed by atoms with Gasteiger partial charge in [-0.1, -0.05) is 33.1 Å². The van der Waals surface area contributed by atoms with Crippen LogP contribution < -0.4 is 5.32 Å². The van der Waals surface area contributed by atoms with Crippen LogP contribution >= 0.6 is 0 Å². The first kappa shape index (κ1) is 17.7. The number of ether oxygens (including phenoxy) is 1. The number of nitrogens with zero attached hydrogens (tertiary/aromatic N) is 2. The van der Waals surface area contributed by atoms with Crippen LogP contribution in [-0.4, -0.2) is 73.7 Å². The first-order chi connectivity index (χ1) is 10.7. The molecule has 1 saturated heterocycles. The number of rotatable bonds is 7. The summed E-state index contributed by atoms with van der Waals surface area (Å²) in [6, 6.07) is 0. The van der Waals surface area contributed by atoms with Gasteiger partial charge in [0.05, 0.1) is 19.8 Å². The lowest BCUT2D eigenvalue weighted by molar-refractivity contribution is -0.123. The molecule has 2 rings (SSSR count). The van der Waals surface area contributed by atoms with Crippen LogP contribution in [0.3, 0.4) is 0 Å². The topological polar surface area (TPSA) is 44.8 Å². The molecule has 1 heterocycles. The summed E-state index contributed by atoms with van der Waals surface area (Å²) in [6.45, 7) is 11.1. The molecule has 1 saturated carbocycles. The smallest absolute Gasteiger partial charge is 0.234 e. The second kappa shape index (κ2) is 8.85. The van der Waals surface area contributed by atoms with Crippen LogP contribution in [-0.2, 0) is 9.53 Å². The predicted octanol–water partition coefficient (Wildman–Crippen LogP) is 1.48. The summed E-state index contributed by atoms with van der Waals surface area (Å²) in [5.41, 5.74) is 0.168. The molecule has 0 atom stereocenters. The maximum atomic E-state index is 12.2. The first-order valence-corrected chi connectivity index (χ1v) is 9.02. The Morgan fingerprint density at radius 3 is 2.36 bits per heavy atom. The van der Waals surface area contributed by atoms with Gasteiger partial charge in [-0.05, 0) is 25.9 Å². The number of likely N-dealkylation sites (N-methyl/N-ethyl adjacent to an activating group) is 1. The Labute approximate surface area is 135 Å². The average molecular weight is 311 g/mol. The normalized spacial score (nSPS) is 22.7. The Morgan fingerprint density at radius 1 is 1.14 bits per heavy atom. The van der Waals surface area contributed by atoms with Gasteiger partial charge in [0.25, 0.3) is 0 Å². The van der Waals surface area contributed by atoms with Crippen molar-refractivity contribution in [2.45, 2.75) is 51.5 Å². The van der Waals surface area contributed by atoms with Gasteiger partial charge in [-0.3, -0.25) is 14.6 Å². The minimum Gasteiger partial charge on any atom is -0.379 e. The third-order valence-corrected chi connectivity index (χ3v) is 5.34. The highest BCUT2D eigenvalue weighted by atomic mass is 16.5. The van der Waals surface area contributed by atoms with Crippen molar-refractivity contribution in [3.63, 3.8) is 0 Å². The van der Waals surface area contributed by atoms with E-state index in [9.17, 15) is 4.79 Å². The molecule has 1 amide bonds. The van der Waals surface area contributed by atoms with Gasteiger partial charge in [-0.15, -0.1) is 0 Å². The van der Waals surface area contributed by atoms with Crippen molar-refractivity contribution in [2.75, 3.05) is 52.5 Å². The van der Waals surface area contributed by atoms with Gasteiger partial charge in [0.1, 0.15) is 0 Å². The third kappa shape index (κ3) is 4.67. The van der Waals surface area contributed by atoms with Gasteiger partial charge in [0, 0.05) is 25.2 Å². The van der Waals surface area contributed by atoms with E-state index in [2.05, 4.69) is 29.0 Å². The Morgan fingerprint density at radius 2 is 1.77 bits per heavy atom. The zero-order chi connectivity index (χ0) is 15.8.